The number of ether oxygens (including phenoxy) is 2. The second-order valence-corrected chi connectivity index (χ2v) is 6.02. The van der Waals surface area contributed by atoms with Gasteiger partial charge in [-0.15, -0.1) is 0 Å². The van der Waals surface area contributed by atoms with E-state index in [2.05, 4.69) is 28.5 Å². The maximum atomic E-state index is 6.19. The van der Waals surface area contributed by atoms with Crippen LogP contribution in [0.5, 0.6) is 5.75 Å². The van der Waals surface area contributed by atoms with Gasteiger partial charge >= 0.3 is 0 Å². The van der Waals surface area contributed by atoms with E-state index in [0.29, 0.717) is 18.6 Å². The van der Waals surface area contributed by atoms with Crippen molar-refractivity contribution in [1.82, 2.24) is 10.3 Å². The van der Waals surface area contributed by atoms with E-state index in [1.54, 1.807) is 13.3 Å². The van der Waals surface area contributed by atoms with Crippen LogP contribution in [0.15, 0.2) is 48.8 Å². The van der Waals surface area contributed by atoms with Gasteiger partial charge in [-0.25, -0.2) is 0 Å². The van der Waals surface area contributed by atoms with Gasteiger partial charge in [0.1, 0.15) is 5.75 Å². The number of nitrogens with zero attached hydrogens (tertiary/aromatic N) is 1. The molecule has 23 heavy (non-hydrogen) atoms. The minimum absolute atomic E-state index is 0.290. The second-order valence-electron chi connectivity index (χ2n) is 6.02. The normalized spacial score (nSPS) is 21.1. The van der Waals surface area contributed by atoms with Crippen molar-refractivity contribution in [3.05, 3.63) is 59.9 Å². The van der Waals surface area contributed by atoms with Gasteiger partial charge in [-0.3, -0.25) is 4.98 Å². The predicted octanol–water partition coefficient (Wildman–Crippen LogP) is 2.83. The van der Waals surface area contributed by atoms with Crippen molar-refractivity contribution in [2.24, 2.45) is 5.92 Å². The number of benzene rings is 1. The number of piperidine rings is 1. The maximum Gasteiger partial charge on any atom is 0.118 e. The van der Waals surface area contributed by atoms with Crippen molar-refractivity contribution in [2.45, 2.75) is 25.6 Å². The average Bonchev–Trinajstić information content (AvgIpc) is 2.62. The van der Waals surface area contributed by atoms with Gasteiger partial charge in [-0.1, -0.05) is 18.2 Å². The third-order valence-electron chi connectivity index (χ3n) is 4.38. The summed E-state index contributed by atoms with van der Waals surface area (Å²) in [5.41, 5.74) is 2.46. The number of rotatable bonds is 6. The first-order chi connectivity index (χ1) is 11.3. The van der Waals surface area contributed by atoms with E-state index in [9.17, 15) is 0 Å². The molecule has 2 aromatic rings. The van der Waals surface area contributed by atoms with Gasteiger partial charge in [0.25, 0.3) is 0 Å². The molecule has 3 rings (SSSR count). The number of hydrogen-bond acceptors (Lipinski definition) is 4. The monoisotopic (exact) mass is 312 g/mol. The highest BCUT2D eigenvalue weighted by molar-refractivity contribution is 5.27. The van der Waals surface area contributed by atoms with Crippen LogP contribution in [0, 0.1) is 5.92 Å². The zero-order valence-electron chi connectivity index (χ0n) is 13.6. The quantitative estimate of drug-likeness (QED) is 0.891. The molecule has 1 fully saturated rings. The van der Waals surface area contributed by atoms with E-state index in [4.69, 9.17) is 9.47 Å². The van der Waals surface area contributed by atoms with Gasteiger partial charge in [0.15, 0.2) is 0 Å². The third kappa shape index (κ3) is 4.53. The Morgan fingerprint density at radius 2 is 2.04 bits per heavy atom. The smallest absolute Gasteiger partial charge is 0.118 e. The molecule has 2 atom stereocenters. The molecule has 0 unspecified atom stereocenters. The molecule has 1 saturated heterocycles. The summed E-state index contributed by atoms with van der Waals surface area (Å²) in [6.07, 6.45) is 6.04. The Morgan fingerprint density at radius 1 is 1.17 bits per heavy atom. The zero-order valence-corrected chi connectivity index (χ0v) is 13.6. The van der Waals surface area contributed by atoms with Crippen LogP contribution < -0.4 is 10.1 Å². The summed E-state index contributed by atoms with van der Waals surface area (Å²) in [5.74, 6) is 1.40. The molecule has 0 spiro atoms. The van der Waals surface area contributed by atoms with Gasteiger partial charge in [-0.2, -0.15) is 0 Å². The number of methoxy groups -OCH3 is 1. The third-order valence-corrected chi connectivity index (χ3v) is 4.38. The molecule has 0 aliphatic carbocycles. The van der Waals surface area contributed by atoms with Gasteiger partial charge in [-0.05, 0) is 48.7 Å². The fraction of sp³-hybridized carbons (Fsp3) is 0.421. The van der Waals surface area contributed by atoms with E-state index < -0.39 is 0 Å². The lowest BCUT2D eigenvalue weighted by atomic mass is 9.89. The van der Waals surface area contributed by atoms with Crippen LogP contribution in [-0.4, -0.2) is 31.3 Å². The molecule has 1 aromatic heterocycles. The molecule has 0 amide bonds. The zero-order chi connectivity index (χ0) is 15.9. The topological polar surface area (TPSA) is 43.4 Å². The molecule has 4 nitrogen and oxygen atoms in total. The van der Waals surface area contributed by atoms with E-state index in [0.717, 1.165) is 37.2 Å². The molecule has 1 N–H and O–H groups in total. The lowest BCUT2D eigenvalue weighted by Crippen LogP contribution is -2.42. The highest BCUT2D eigenvalue weighted by atomic mass is 16.5. The largest absolute Gasteiger partial charge is 0.497 e. The minimum Gasteiger partial charge on any atom is -0.497 e. The Labute approximate surface area is 137 Å². The Bertz CT molecular complexity index is 586. The van der Waals surface area contributed by atoms with Crippen LogP contribution >= 0.6 is 0 Å². The lowest BCUT2D eigenvalue weighted by Gasteiger charge is -2.32. The molecular weight excluding hydrogens is 288 g/mol. The number of pyridine rings is 1. The van der Waals surface area contributed by atoms with Gasteiger partial charge in [0.05, 0.1) is 19.8 Å². The van der Waals surface area contributed by atoms with Gasteiger partial charge in [0, 0.05) is 24.9 Å². The van der Waals surface area contributed by atoms with Crippen molar-refractivity contribution >= 4 is 0 Å². The Morgan fingerprint density at radius 3 is 2.78 bits per heavy atom. The molecular formula is C19H24N2O2. The molecule has 1 aliphatic rings. The summed E-state index contributed by atoms with van der Waals surface area (Å²) < 4.78 is 11.4. The van der Waals surface area contributed by atoms with E-state index in [1.807, 2.05) is 24.4 Å². The SMILES string of the molecule is COc1ccc(C[C@H]2CNCC[C@@H]2OCc2cccnc2)cc1. The Hall–Kier alpha value is -1.91. The van der Waals surface area contributed by atoms with Gasteiger partial charge in [0.2, 0.25) is 0 Å². The summed E-state index contributed by atoms with van der Waals surface area (Å²) in [6, 6.07) is 12.4. The fourth-order valence-electron chi connectivity index (χ4n) is 3.07. The summed E-state index contributed by atoms with van der Waals surface area (Å²) in [7, 11) is 1.70. The molecule has 4 heteroatoms. The summed E-state index contributed by atoms with van der Waals surface area (Å²) in [5, 5.41) is 3.49. The average molecular weight is 312 g/mol. The fourth-order valence-corrected chi connectivity index (χ4v) is 3.07. The highest BCUT2D eigenvalue weighted by Crippen LogP contribution is 2.22. The van der Waals surface area contributed by atoms with Crippen molar-refractivity contribution in [1.29, 1.82) is 0 Å². The Balaban J connectivity index is 1.59. The van der Waals surface area contributed by atoms with Crippen LogP contribution in [0.25, 0.3) is 0 Å². The first kappa shape index (κ1) is 16.0. The molecule has 2 heterocycles. The molecule has 122 valence electrons. The second kappa shape index (κ2) is 8.09. The molecule has 1 aromatic carbocycles. The van der Waals surface area contributed by atoms with Crippen LogP contribution in [0.4, 0.5) is 0 Å². The van der Waals surface area contributed by atoms with Crippen LogP contribution in [-0.2, 0) is 17.8 Å². The first-order valence-corrected chi connectivity index (χ1v) is 8.19. The minimum atomic E-state index is 0.290. The molecule has 0 saturated carbocycles. The summed E-state index contributed by atoms with van der Waals surface area (Å²) >= 11 is 0. The highest BCUT2D eigenvalue weighted by Gasteiger charge is 2.25. The standard InChI is InChI=1S/C19H24N2O2/c1-22-18-6-4-15(5-7-18)11-17-13-21-10-8-19(17)23-14-16-3-2-9-20-12-16/h2-7,9,12,17,19,21H,8,10-11,13-14H2,1H3/t17-,19-/m0/s1. The molecule has 0 radical (unpaired) electrons. The van der Waals surface area contributed by atoms with Crippen molar-refractivity contribution in [3.8, 4) is 5.75 Å². The summed E-state index contributed by atoms with van der Waals surface area (Å²) in [6.45, 7) is 2.66. The first-order valence-electron chi connectivity index (χ1n) is 8.19. The number of hydrogen-bond donors (Lipinski definition) is 1. The van der Waals surface area contributed by atoms with E-state index >= 15 is 0 Å². The molecule has 1 aliphatic heterocycles. The van der Waals surface area contributed by atoms with Crippen molar-refractivity contribution < 1.29 is 9.47 Å². The summed E-state index contributed by atoms with van der Waals surface area (Å²) in [4.78, 5) is 4.15. The number of aromatic nitrogens is 1. The van der Waals surface area contributed by atoms with Crippen LogP contribution in [0.3, 0.4) is 0 Å². The van der Waals surface area contributed by atoms with Crippen LogP contribution in [0.1, 0.15) is 17.5 Å². The maximum absolute atomic E-state index is 6.19. The predicted molar refractivity (Wildman–Crippen MR) is 90.5 cm³/mol. The van der Waals surface area contributed by atoms with Crippen molar-refractivity contribution in [3.63, 3.8) is 0 Å². The Kier molecular flexibility index (Phi) is 5.61. The van der Waals surface area contributed by atoms with E-state index in [1.165, 1.54) is 5.56 Å². The van der Waals surface area contributed by atoms with Gasteiger partial charge < -0.3 is 14.8 Å². The number of nitrogens with one attached hydrogen (secondary N) is 1. The molecule has 0 bridgehead atoms. The lowest BCUT2D eigenvalue weighted by molar-refractivity contribution is -0.0152. The van der Waals surface area contributed by atoms with Crippen molar-refractivity contribution in [2.75, 3.05) is 20.2 Å². The van der Waals surface area contributed by atoms with Crippen LogP contribution in [0.2, 0.25) is 0 Å². The van der Waals surface area contributed by atoms with E-state index in [-0.39, 0.29) is 0 Å².